The van der Waals surface area contributed by atoms with E-state index in [2.05, 4.69) is 15.1 Å². The molecule has 0 spiro atoms. The molecule has 2 aromatic rings. The topological polar surface area (TPSA) is 110 Å². The Morgan fingerprint density at radius 1 is 1.32 bits per heavy atom. The van der Waals surface area contributed by atoms with Crippen LogP contribution in [0.3, 0.4) is 0 Å². The van der Waals surface area contributed by atoms with Crippen molar-refractivity contribution in [1.29, 1.82) is 0 Å². The number of hydrogen-bond acceptors (Lipinski definition) is 7. The van der Waals surface area contributed by atoms with Gasteiger partial charge in [0.15, 0.2) is 5.82 Å². The van der Waals surface area contributed by atoms with Crippen LogP contribution in [-0.4, -0.2) is 70.6 Å². The van der Waals surface area contributed by atoms with Gasteiger partial charge in [-0.2, -0.15) is 4.98 Å². The van der Waals surface area contributed by atoms with E-state index in [1.807, 2.05) is 6.92 Å². The molecule has 2 aromatic heterocycles. The summed E-state index contributed by atoms with van der Waals surface area (Å²) < 4.78 is 31.9. The van der Waals surface area contributed by atoms with Crippen LogP contribution in [0.2, 0.25) is 0 Å². The zero-order valence-corrected chi connectivity index (χ0v) is 16.9. The van der Waals surface area contributed by atoms with Crippen molar-refractivity contribution in [2.75, 3.05) is 31.9 Å². The molecule has 2 atom stereocenters. The molecule has 28 heavy (non-hydrogen) atoms. The fraction of sp³-hybridized carbons (Fsp3) is 0.556. The van der Waals surface area contributed by atoms with E-state index in [9.17, 15) is 13.2 Å². The summed E-state index contributed by atoms with van der Waals surface area (Å²) >= 11 is 0. The van der Waals surface area contributed by atoms with Gasteiger partial charge in [-0.15, -0.1) is 0 Å². The van der Waals surface area contributed by atoms with E-state index in [4.69, 9.17) is 4.52 Å². The first kappa shape index (κ1) is 19.0. The van der Waals surface area contributed by atoms with Crippen molar-refractivity contribution in [3.63, 3.8) is 0 Å². The van der Waals surface area contributed by atoms with Gasteiger partial charge in [0, 0.05) is 44.5 Å². The minimum atomic E-state index is -3.35. The van der Waals surface area contributed by atoms with E-state index in [-0.39, 0.29) is 24.1 Å². The molecule has 1 amide bonds. The monoisotopic (exact) mass is 405 g/mol. The summed E-state index contributed by atoms with van der Waals surface area (Å²) in [6.45, 7) is 6.59. The number of likely N-dealkylation sites (tertiary alicyclic amines) is 1. The molecule has 0 radical (unpaired) electrons. The third kappa shape index (κ3) is 2.91. The SMILES string of the molecule is CCS(=O)(=O)N1C[C@@H]2CN(C(=O)c3cnccc3C)C[C@]2(c2nc(C)no2)C1. The van der Waals surface area contributed by atoms with Crippen molar-refractivity contribution in [3.05, 3.63) is 41.3 Å². The van der Waals surface area contributed by atoms with Gasteiger partial charge < -0.3 is 9.42 Å². The predicted octanol–water partition coefficient (Wildman–Crippen LogP) is 0.757. The number of nitrogens with zero attached hydrogens (tertiary/aromatic N) is 5. The molecule has 0 N–H and O–H groups in total. The van der Waals surface area contributed by atoms with Crippen molar-refractivity contribution < 1.29 is 17.7 Å². The van der Waals surface area contributed by atoms with E-state index in [0.717, 1.165) is 5.56 Å². The molecule has 2 aliphatic heterocycles. The molecule has 0 bridgehead atoms. The molecule has 2 fully saturated rings. The number of carbonyl (C=O) groups is 1. The molecular weight excluding hydrogens is 382 g/mol. The molecule has 0 aromatic carbocycles. The highest BCUT2D eigenvalue weighted by molar-refractivity contribution is 7.89. The first-order chi connectivity index (χ1) is 13.3. The van der Waals surface area contributed by atoms with Gasteiger partial charge in [0.2, 0.25) is 15.9 Å². The van der Waals surface area contributed by atoms with E-state index >= 15 is 0 Å². The Morgan fingerprint density at radius 2 is 2.11 bits per heavy atom. The number of fused-ring (bicyclic) bond motifs is 1. The van der Waals surface area contributed by atoms with Crippen LogP contribution < -0.4 is 0 Å². The average molecular weight is 405 g/mol. The van der Waals surface area contributed by atoms with Crippen LogP contribution in [0.5, 0.6) is 0 Å². The fourth-order valence-corrected chi connectivity index (χ4v) is 5.43. The molecule has 2 saturated heterocycles. The minimum absolute atomic E-state index is 0.0379. The summed E-state index contributed by atoms with van der Waals surface area (Å²) in [5, 5.41) is 3.90. The quantitative estimate of drug-likeness (QED) is 0.738. The van der Waals surface area contributed by atoms with Crippen molar-refractivity contribution in [3.8, 4) is 0 Å². The predicted molar refractivity (Wildman–Crippen MR) is 100 cm³/mol. The summed E-state index contributed by atoms with van der Waals surface area (Å²) in [7, 11) is -3.35. The number of hydrogen-bond donors (Lipinski definition) is 0. The maximum absolute atomic E-state index is 13.1. The van der Waals surface area contributed by atoms with Gasteiger partial charge in [-0.25, -0.2) is 12.7 Å². The molecule has 0 saturated carbocycles. The second kappa shape index (κ2) is 6.63. The second-order valence-electron chi connectivity index (χ2n) is 7.57. The van der Waals surface area contributed by atoms with Crippen LogP contribution in [-0.2, 0) is 15.4 Å². The Balaban J connectivity index is 1.69. The normalized spacial score (nSPS) is 25.2. The number of carbonyl (C=O) groups excluding carboxylic acids is 1. The van der Waals surface area contributed by atoms with Crippen LogP contribution in [0.25, 0.3) is 0 Å². The lowest BCUT2D eigenvalue weighted by Crippen LogP contribution is -2.41. The number of pyridine rings is 1. The lowest BCUT2D eigenvalue weighted by atomic mass is 9.81. The number of sulfonamides is 1. The summed E-state index contributed by atoms with van der Waals surface area (Å²) in [6, 6.07) is 1.80. The zero-order valence-electron chi connectivity index (χ0n) is 16.1. The van der Waals surface area contributed by atoms with Crippen LogP contribution >= 0.6 is 0 Å². The van der Waals surface area contributed by atoms with E-state index < -0.39 is 15.4 Å². The summed E-state index contributed by atoms with van der Waals surface area (Å²) in [4.78, 5) is 23.3. The first-order valence-electron chi connectivity index (χ1n) is 9.25. The largest absolute Gasteiger partial charge is 0.339 e. The van der Waals surface area contributed by atoms with Crippen LogP contribution in [0.15, 0.2) is 23.0 Å². The summed E-state index contributed by atoms with van der Waals surface area (Å²) in [5.41, 5.74) is 0.724. The molecule has 150 valence electrons. The van der Waals surface area contributed by atoms with Gasteiger partial charge in [0.1, 0.15) is 0 Å². The average Bonchev–Trinajstić information content (AvgIpc) is 3.34. The molecule has 0 unspecified atom stereocenters. The second-order valence-corrected chi connectivity index (χ2v) is 9.83. The van der Waals surface area contributed by atoms with Gasteiger partial charge in [-0.05, 0) is 32.4 Å². The zero-order chi connectivity index (χ0) is 20.1. The van der Waals surface area contributed by atoms with Gasteiger partial charge >= 0.3 is 0 Å². The lowest BCUT2D eigenvalue weighted by molar-refractivity contribution is 0.0771. The Kier molecular flexibility index (Phi) is 4.50. The fourth-order valence-electron chi connectivity index (χ4n) is 4.23. The molecular formula is C18H23N5O4S. The standard InChI is InChI=1S/C18H23N5O4S/c1-4-28(25,26)23-9-14-8-22(16(24)15-7-19-6-5-12(15)2)10-18(14,11-23)17-20-13(3)21-27-17/h5-7,14H,4,8-11H2,1-3H3/t14-,18-/m0/s1. The van der Waals surface area contributed by atoms with Gasteiger partial charge in [0.05, 0.1) is 16.7 Å². The highest BCUT2D eigenvalue weighted by Crippen LogP contribution is 2.45. The maximum atomic E-state index is 13.1. The van der Waals surface area contributed by atoms with Gasteiger partial charge in [-0.1, -0.05) is 5.16 Å². The molecule has 0 aliphatic carbocycles. The van der Waals surface area contributed by atoms with Crippen molar-refractivity contribution >= 4 is 15.9 Å². The molecule has 2 aliphatic rings. The lowest BCUT2D eigenvalue weighted by Gasteiger charge is -2.26. The maximum Gasteiger partial charge on any atom is 0.255 e. The third-order valence-electron chi connectivity index (χ3n) is 5.85. The minimum Gasteiger partial charge on any atom is -0.339 e. The Hall–Kier alpha value is -2.33. The van der Waals surface area contributed by atoms with E-state index in [1.54, 1.807) is 37.2 Å². The van der Waals surface area contributed by atoms with Crippen LogP contribution in [0.4, 0.5) is 0 Å². The molecule has 4 heterocycles. The first-order valence-corrected chi connectivity index (χ1v) is 10.9. The van der Waals surface area contributed by atoms with Crippen LogP contribution in [0.1, 0.15) is 34.6 Å². The summed E-state index contributed by atoms with van der Waals surface area (Å²) in [5.74, 6) is 0.723. The van der Waals surface area contributed by atoms with Gasteiger partial charge in [-0.3, -0.25) is 9.78 Å². The Morgan fingerprint density at radius 3 is 2.75 bits per heavy atom. The van der Waals surface area contributed by atoms with E-state index in [0.29, 0.717) is 36.9 Å². The highest BCUT2D eigenvalue weighted by Gasteiger charge is 2.59. The smallest absolute Gasteiger partial charge is 0.255 e. The third-order valence-corrected chi connectivity index (χ3v) is 7.64. The number of aryl methyl sites for hydroxylation is 2. The van der Waals surface area contributed by atoms with Gasteiger partial charge in [0.25, 0.3) is 5.91 Å². The summed E-state index contributed by atoms with van der Waals surface area (Å²) in [6.07, 6.45) is 3.23. The Bertz CT molecular complexity index is 1020. The molecule has 10 heteroatoms. The highest BCUT2D eigenvalue weighted by atomic mass is 32.2. The van der Waals surface area contributed by atoms with Crippen LogP contribution in [0, 0.1) is 19.8 Å². The van der Waals surface area contributed by atoms with Crippen molar-refractivity contribution in [2.24, 2.45) is 5.92 Å². The van der Waals surface area contributed by atoms with Crippen molar-refractivity contribution in [1.82, 2.24) is 24.3 Å². The Labute approximate surface area is 163 Å². The molecule has 4 rings (SSSR count). The number of aromatic nitrogens is 3. The van der Waals surface area contributed by atoms with E-state index in [1.165, 1.54) is 4.31 Å². The number of amides is 1. The molecule has 9 nitrogen and oxygen atoms in total. The van der Waals surface area contributed by atoms with Crippen molar-refractivity contribution in [2.45, 2.75) is 26.2 Å². The number of rotatable bonds is 4.